The lowest BCUT2D eigenvalue weighted by atomic mass is 10.2. The van der Waals surface area contributed by atoms with Crippen molar-refractivity contribution < 1.29 is 15.0 Å². The fourth-order valence-electron chi connectivity index (χ4n) is 0.778. The first-order valence-electron chi connectivity index (χ1n) is 6.76. The number of carboxylic acid groups (broad SMARTS) is 1. The Morgan fingerprint density at radius 1 is 1.26 bits per heavy atom. The van der Waals surface area contributed by atoms with Crippen LogP contribution in [-0.2, 0) is 4.79 Å². The monoisotopic (exact) mass is 270 g/mol. The third kappa shape index (κ3) is 47.8. The van der Waals surface area contributed by atoms with Crippen molar-refractivity contribution >= 4 is 5.97 Å². The topological polar surface area (TPSA) is 57.5 Å². The fourth-order valence-corrected chi connectivity index (χ4v) is 0.778. The van der Waals surface area contributed by atoms with Gasteiger partial charge in [-0.2, -0.15) is 0 Å². The van der Waals surface area contributed by atoms with Gasteiger partial charge in [0, 0.05) is 6.42 Å². The number of aliphatic hydroxyl groups is 1. The molecule has 19 heavy (non-hydrogen) atoms. The molecule has 0 saturated carbocycles. The van der Waals surface area contributed by atoms with E-state index in [4.69, 9.17) is 10.2 Å². The molecule has 0 aromatic heterocycles. The molecule has 0 rings (SSSR count). The van der Waals surface area contributed by atoms with Crippen LogP contribution in [0, 0.1) is 0 Å². The van der Waals surface area contributed by atoms with Crippen molar-refractivity contribution in [3.63, 3.8) is 0 Å². The van der Waals surface area contributed by atoms with Gasteiger partial charge in [0.25, 0.3) is 0 Å². The first-order chi connectivity index (χ1) is 8.95. The number of carboxylic acids is 1. The van der Waals surface area contributed by atoms with Crippen molar-refractivity contribution in [3.8, 4) is 0 Å². The number of carbonyl (C=O) groups is 1. The lowest BCUT2D eigenvalue weighted by molar-refractivity contribution is -0.136. The lowest BCUT2D eigenvalue weighted by Gasteiger charge is -1.87. The molecule has 0 aliphatic carbocycles. The first kappa shape index (κ1) is 22.8. The van der Waals surface area contributed by atoms with Crippen LogP contribution in [0.15, 0.2) is 37.5 Å². The molecule has 0 aliphatic rings. The fraction of sp³-hybridized carbons (Fsp3) is 0.562. The summed E-state index contributed by atoms with van der Waals surface area (Å²) in [4.78, 5) is 9.37. The van der Waals surface area contributed by atoms with Gasteiger partial charge in [-0.25, -0.2) is 0 Å². The number of hydrogen-bond acceptors (Lipinski definition) is 2. The van der Waals surface area contributed by atoms with Crippen molar-refractivity contribution in [2.75, 3.05) is 0 Å². The molecule has 0 spiro atoms. The lowest BCUT2D eigenvalue weighted by Crippen LogP contribution is -1.90. The number of aliphatic carboxylic acids is 1. The third-order valence-corrected chi connectivity index (χ3v) is 1.84. The van der Waals surface area contributed by atoms with Gasteiger partial charge in [0.15, 0.2) is 0 Å². The Kier molecular flexibility index (Phi) is 26.3. The van der Waals surface area contributed by atoms with E-state index in [9.17, 15) is 4.79 Å². The van der Waals surface area contributed by atoms with Gasteiger partial charge in [-0.15, -0.1) is 6.58 Å². The van der Waals surface area contributed by atoms with Crippen LogP contribution < -0.4 is 0 Å². The van der Waals surface area contributed by atoms with Crippen molar-refractivity contribution in [1.29, 1.82) is 0 Å². The van der Waals surface area contributed by atoms with Crippen molar-refractivity contribution in [1.82, 2.24) is 0 Å². The summed E-state index contributed by atoms with van der Waals surface area (Å²) in [6, 6.07) is 0. The maximum absolute atomic E-state index is 9.37. The highest BCUT2D eigenvalue weighted by Gasteiger charge is 1.81. The highest BCUT2D eigenvalue weighted by atomic mass is 16.4. The Hall–Kier alpha value is -1.35. The summed E-state index contributed by atoms with van der Waals surface area (Å²) < 4.78 is 0. The van der Waals surface area contributed by atoms with Gasteiger partial charge in [-0.05, 0) is 19.8 Å². The maximum Gasteiger partial charge on any atom is 0.303 e. The molecule has 0 radical (unpaired) electrons. The minimum Gasteiger partial charge on any atom is -0.481 e. The number of allylic oxidation sites excluding steroid dienone is 3. The molecule has 0 aromatic rings. The number of rotatable bonds is 7. The predicted molar refractivity (Wildman–Crippen MR) is 83.3 cm³/mol. The predicted octanol–water partition coefficient (Wildman–Crippen LogP) is 4.34. The molecule has 0 unspecified atom stereocenters. The molecule has 1 atom stereocenters. The van der Waals surface area contributed by atoms with Gasteiger partial charge in [-0.3, -0.25) is 4.79 Å². The standard InChI is InChI=1S/C7H14.C6H10O.C3H6O2/c1-3-5-7-6-4-2;1-3-4-5-6(2)7;1-2-3(4)5/h3H,1,4-7H2,2H3;3-7H,1H2,2H3;2H2,1H3,(H,4,5)/b;5-4+;/t;6-;/m.1./s1. The van der Waals surface area contributed by atoms with Crippen molar-refractivity contribution in [2.24, 2.45) is 0 Å². The van der Waals surface area contributed by atoms with Crippen LogP contribution >= 0.6 is 0 Å². The van der Waals surface area contributed by atoms with E-state index in [0.717, 1.165) is 0 Å². The second-order valence-corrected chi connectivity index (χ2v) is 3.89. The molecule has 2 N–H and O–H groups in total. The molecule has 0 fully saturated rings. The Morgan fingerprint density at radius 2 is 1.79 bits per heavy atom. The zero-order valence-electron chi connectivity index (χ0n) is 12.6. The quantitative estimate of drug-likeness (QED) is 0.411. The minimum atomic E-state index is -0.745. The van der Waals surface area contributed by atoms with Gasteiger partial charge in [0.05, 0.1) is 6.10 Å². The highest BCUT2D eigenvalue weighted by Crippen LogP contribution is 1.97. The van der Waals surface area contributed by atoms with E-state index in [2.05, 4.69) is 20.1 Å². The molecule has 0 saturated heterocycles. The average Bonchev–Trinajstić information content (AvgIpc) is 2.38. The minimum absolute atomic E-state index is 0.222. The van der Waals surface area contributed by atoms with E-state index in [1.807, 2.05) is 6.08 Å². The van der Waals surface area contributed by atoms with Gasteiger partial charge in [-0.1, -0.05) is 57.6 Å². The molecule has 112 valence electrons. The summed E-state index contributed by atoms with van der Waals surface area (Å²) in [6.45, 7) is 12.6. The molecule has 0 aliphatic heterocycles. The van der Waals surface area contributed by atoms with E-state index in [0.29, 0.717) is 0 Å². The highest BCUT2D eigenvalue weighted by molar-refractivity contribution is 5.66. The van der Waals surface area contributed by atoms with E-state index >= 15 is 0 Å². The SMILES string of the molecule is C=C/C=C/[C@@H](C)O.C=CCCCCC.CCC(=O)O. The molecule has 3 heteroatoms. The van der Waals surface area contributed by atoms with Gasteiger partial charge < -0.3 is 10.2 Å². The Balaban J connectivity index is -0.000000206. The van der Waals surface area contributed by atoms with Gasteiger partial charge in [0.1, 0.15) is 0 Å². The maximum atomic E-state index is 9.37. The van der Waals surface area contributed by atoms with Crippen LogP contribution in [0.2, 0.25) is 0 Å². The van der Waals surface area contributed by atoms with Crippen LogP contribution in [0.3, 0.4) is 0 Å². The zero-order valence-corrected chi connectivity index (χ0v) is 12.6. The van der Waals surface area contributed by atoms with Crippen LogP contribution in [0.4, 0.5) is 0 Å². The molecule has 0 amide bonds. The summed E-state index contributed by atoms with van der Waals surface area (Å²) in [5.41, 5.74) is 0. The van der Waals surface area contributed by atoms with E-state index < -0.39 is 5.97 Å². The van der Waals surface area contributed by atoms with Crippen molar-refractivity contribution in [2.45, 2.75) is 59.0 Å². The molecular formula is C16H30O3. The summed E-state index contributed by atoms with van der Waals surface area (Å²) >= 11 is 0. The summed E-state index contributed by atoms with van der Waals surface area (Å²) in [6.07, 6.45) is 12.0. The third-order valence-electron chi connectivity index (χ3n) is 1.84. The molecule has 0 heterocycles. The smallest absolute Gasteiger partial charge is 0.303 e. The molecular weight excluding hydrogens is 240 g/mol. The largest absolute Gasteiger partial charge is 0.481 e. The first-order valence-corrected chi connectivity index (χ1v) is 6.76. The number of aliphatic hydroxyl groups excluding tert-OH is 1. The zero-order chi connectivity index (χ0) is 15.5. The van der Waals surface area contributed by atoms with Crippen LogP contribution in [0.5, 0.6) is 0 Å². The number of hydrogen-bond donors (Lipinski definition) is 2. The summed E-state index contributed by atoms with van der Waals surface area (Å²) in [5, 5.41) is 16.3. The van der Waals surface area contributed by atoms with Crippen LogP contribution in [-0.4, -0.2) is 22.3 Å². The molecule has 0 bridgehead atoms. The second-order valence-electron chi connectivity index (χ2n) is 3.89. The van der Waals surface area contributed by atoms with E-state index in [1.54, 1.807) is 32.1 Å². The molecule has 3 nitrogen and oxygen atoms in total. The van der Waals surface area contributed by atoms with Crippen molar-refractivity contribution in [3.05, 3.63) is 37.5 Å². The second kappa shape index (κ2) is 21.9. The van der Waals surface area contributed by atoms with Gasteiger partial charge in [0.2, 0.25) is 0 Å². The summed E-state index contributed by atoms with van der Waals surface area (Å²) in [5.74, 6) is -0.745. The summed E-state index contributed by atoms with van der Waals surface area (Å²) in [7, 11) is 0. The van der Waals surface area contributed by atoms with E-state index in [-0.39, 0.29) is 12.5 Å². The Bertz CT molecular complexity index is 230. The van der Waals surface area contributed by atoms with Gasteiger partial charge >= 0.3 is 5.97 Å². The molecule has 0 aromatic carbocycles. The average molecular weight is 270 g/mol. The van der Waals surface area contributed by atoms with Crippen LogP contribution in [0.25, 0.3) is 0 Å². The Labute approximate surface area is 118 Å². The number of unbranched alkanes of at least 4 members (excludes halogenated alkanes) is 3. The normalized spacial score (nSPS) is 10.5. The van der Waals surface area contributed by atoms with Crippen LogP contribution in [0.1, 0.15) is 52.9 Å². The van der Waals surface area contributed by atoms with E-state index in [1.165, 1.54) is 25.7 Å². The Morgan fingerprint density at radius 3 is 2.00 bits per heavy atom.